The Hall–Kier alpha value is -1.38. The van der Waals surface area contributed by atoms with Crippen molar-refractivity contribution in [3.63, 3.8) is 0 Å². The van der Waals surface area contributed by atoms with Crippen LogP contribution in [0.15, 0.2) is 42.5 Å². The molecule has 2 aromatic carbocycles. The second kappa shape index (κ2) is 6.17. The van der Waals surface area contributed by atoms with Gasteiger partial charge in [-0.05, 0) is 42.5 Å². The van der Waals surface area contributed by atoms with Crippen molar-refractivity contribution in [2.75, 3.05) is 12.4 Å². The van der Waals surface area contributed by atoms with Crippen LogP contribution in [0.2, 0.25) is 10.0 Å². The summed E-state index contributed by atoms with van der Waals surface area (Å²) in [6, 6.07) is 14.2. The van der Waals surface area contributed by atoms with Crippen LogP contribution in [0, 0.1) is 0 Å². The van der Waals surface area contributed by atoms with Crippen LogP contribution in [-0.4, -0.2) is 13.2 Å². The summed E-state index contributed by atoms with van der Waals surface area (Å²) < 4.78 is 5.43. The first-order valence-corrected chi connectivity index (χ1v) is 7.78. The number of hydrogen-bond acceptors (Lipinski definition) is 2. The Balaban J connectivity index is 1.66. The molecule has 2 aromatic rings. The Morgan fingerprint density at radius 2 is 1.67 bits per heavy atom. The highest BCUT2D eigenvalue weighted by Gasteiger charge is 2.32. The van der Waals surface area contributed by atoms with E-state index in [9.17, 15) is 0 Å². The molecule has 0 spiro atoms. The van der Waals surface area contributed by atoms with Crippen LogP contribution in [0.25, 0.3) is 0 Å². The van der Waals surface area contributed by atoms with Gasteiger partial charge in [-0.3, -0.25) is 0 Å². The van der Waals surface area contributed by atoms with E-state index in [0.717, 1.165) is 24.3 Å². The standard InChI is InChI=1S/C17H17Cl2NO/c1-21-16-8-3-2-5-13(16)11-9-12(10-11)20-17-14(18)6-4-7-15(17)19/h2-8,11-12,20H,9-10H2,1H3. The number of halogens is 2. The maximum absolute atomic E-state index is 6.19. The lowest BCUT2D eigenvalue weighted by Gasteiger charge is -2.37. The Morgan fingerprint density at radius 1 is 1.00 bits per heavy atom. The summed E-state index contributed by atoms with van der Waals surface area (Å²) in [5, 5.41) is 4.79. The van der Waals surface area contributed by atoms with Gasteiger partial charge < -0.3 is 10.1 Å². The van der Waals surface area contributed by atoms with E-state index in [1.165, 1.54) is 5.56 Å². The molecule has 21 heavy (non-hydrogen) atoms. The van der Waals surface area contributed by atoms with Crippen LogP contribution in [0.3, 0.4) is 0 Å². The SMILES string of the molecule is COc1ccccc1C1CC(Nc2c(Cl)cccc2Cl)C1. The van der Waals surface area contributed by atoms with E-state index < -0.39 is 0 Å². The van der Waals surface area contributed by atoms with E-state index in [1.54, 1.807) is 7.11 Å². The van der Waals surface area contributed by atoms with Crippen LogP contribution >= 0.6 is 23.2 Å². The summed E-state index contributed by atoms with van der Waals surface area (Å²) >= 11 is 12.4. The summed E-state index contributed by atoms with van der Waals surface area (Å²) in [5.74, 6) is 1.50. The third-order valence-corrected chi connectivity index (χ3v) is 4.66. The molecule has 0 amide bonds. The number of nitrogens with one attached hydrogen (secondary N) is 1. The first kappa shape index (κ1) is 14.6. The monoisotopic (exact) mass is 321 g/mol. The molecule has 0 aromatic heterocycles. The lowest BCUT2D eigenvalue weighted by molar-refractivity contribution is 0.350. The summed E-state index contributed by atoms with van der Waals surface area (Å²) in [5.41, 5.74) is 2.12. The van der Waals surface area contributed by atoms with Gasteiger partial charge in [0.2, 0.25) is 0 Å². The van der Waals surface area contributed by atoms with Gasteiger partial charge in [-0.2, -0.15) is 0 Å². The van der Waals surface area contributed by atoms with Crippen molar-refractivity contribution in [1.29, 1.82) is 0 Å². The summed E-state index contributed by atoms with van der Waals surface area (Å²) in [7, 11) is 1.72. The second-order valence-corrected chi connectivity index (χ2v) is 6.16. The van der Waals surface area contributed by atoms with E-state index in [0.29, 0.717) is 22.0 Å². The average Bonchev–Trinajstić information content (AvgIpc) is 2.45. The predicted molar refractivity (Wildman–Crippen MR) is 88.8 cm³/mol. The van der Waals surface area contributed by atoms with Crippen LogP contribution in [0.5, 0.6) is 5.75 Å². The third kappa shape index (κ3) is 2.97. The van der Waals surface area contributed by atoms with Crippen molar-refractivity contribution in [2.24, 2.45) is 0 Å². The fraction of sp³-hybridized carbons (Fsp3) is 0.294. The van der Waals surface area contributed by atoms with Crippen LogP contribution in [-0.2, 0) is 0 Å². The molecule has 1 fully saturated rings. The molecule has 1 aliphatic rings. The highest BCUT2D eigenvalue weighted by Crippen LogP contribution is 2.43. The summed E-state index contributed by atoms with van der Waals surface area (Å²) in [6.07, 6.45) is 2.11. The highest BCUT2D eigenvalue weighted by atomic mass is 35.5. The first-order chi connectivity index (χ1) is 10.2. The van der Waals surface area contributed by atoms with Gasteiger partial charge in [0.15, 0.2) is 0 Å². The van der Waals surface area contributed by atoms with Crippen molar-refractivity contribution in [1.82, 2.24) is 0 Å². The Bertz CT molecular complexity index is 618. The summed E-state index contributed by atoms with van der Waals surface area (Å²) in [4.78, 5) is 0. The quantitative estimate of drug-likeness (QED) is 0.818. The van der Waals surface area contributed by atoms with Gasteiger partial charge in [0, 0.05) is 6.04 Å². The Morgan fingerprint density at radius 3 is 2.33 bits per heavy atom. The van der Waals surface area contributed by atoms with Gasteiger partial charge in [0.1, 0.15) is 5.75 Å². The Labute approximate surface area is 135 Å². The lowest BCUT2D eigenvalue weighted by atomic mass is 9.75. The van der Waals surface area contributed by atoms with E-state index in [2.05, 4.69) is 17.4 Å². The fourth-order valence-electron chi connectivity index (χ4n) is 2.83. The molecule has 1 N–H and O–H groups in total. The molecule has 1 aliphatic carbocycles. The predicted octanol–water partition coefficient (Wildman–Crippen LogP) is 5.36. The van der Waals surface area contributed by atoms with Crippen molar-refractivity contribution < 1.29 is 4.74 Å². The van der Waals surface area contributed by atoms with Gasteiger partial charge >= 0.3 is 0 Å². The van der Waals surface area contributed by atoms with Gasteiger partial charge in [-0.25, -0.2) is 0 Å². The molecule has 0 bridgehead atoms. The zero-order chi connectivity index (χ0) is 14.8. The zero-order valence-corrected chi connectivity index (χ0v) is 13.3. The van der Waals surface area contributed by atoms with E-state index in [4.69, 9.17) is 27.9 Å². The molecule has 0 heterocycles. The third-order valence-electron chi connectivity index (χ3n) is 4.03. The van der Waals surface area contributed by atoms with Crippen molar-refractivity contribution >= 4 is 28.9 Å². The van der Waals surface area contributed by atoms with Gasteiger partial charge in [-0.1, -0.05) is 47.5 Å². The fourth-order valence-corrected chi connectivity index (χ4v) is 3.34. The number of hydrogen-bond donors (Lipinski definition) is 1. The molecule has 0 radical (unpaired) electrons. The highest BCUT2D eigenvalue weighted by molar-refractivity contribution is 6.39. The maximum atomic E-state index is 6.19. The minimum Gasteiger partial charge on any atom is -0.496 e. The molecule has 1 saturated carbocycles. The molecule has 2 nitrogen and oxygen atoms in total. The lowest BCUT2D eigenvalue weighted by Crippen LogP contribution is -2.34. The Kier molecular flexibility index (Phi) is 4.27. The van der Waals surface area contributed by atoms with Crippen LogP contribution < -0.4 is 10.1 Å². The number of benzene rings is 2. The molecule has 3 rings (SSSR count). The number of para-hydroxylation sites is 2. The number of methoxy groups -OCH3 is 1. The average molecular weight is 322 g/mol. The van der Waals surface area contributed by atoms with Gasteiger partial charge in [-0.15, -0.1) is 0 Å². The first-order valence-electron chi connectivity index (χ1n) is 7.02. The molecular weight excluding hydrogens is 305 g/mol. The molecule has 0 saturated heterocycles. The maximum Gasteiger partial charge on any atom is 0.122 e. The van der Waals surface area contributed by atoms with Gasteiger partial charge in [0.05, 0.1) is 22.8 Å². The van der Waals surface area contributed by atoms with E-state index in [-0.39, 0.29) is 0 Å². The minimum atomic E-state index is 0.400. The molecule has 4 heteroatoms. The van der Waals surface area contributed by atoms with Gasteiger partial charge in [0.25, 0.3) is 0 Å². The smallest absolute Gasteiger partial charge is 0.122 e. The molecule has 0 unspecified atom stereocenters. The zero-order valence-electron chi connectivity index (χ0n) is 11.8. The largest absolute Gasteiger partial charge is 0.496 e. The molecule has 0 aliphatic heterocycles. The molecular formula is C17H17Cl2NO. The molecule has 110 valence electrons. The second-order valence-electron chi connectivity index (χ2n) is 5.35. The topological polar surface area (TPSA) is 21.3 Å². The minimum absolute atomic E-state index is 0.400. The number of anilines is 1. The van der Waals surface area contributed by atoms with Crippen molar-refractivity contribution in [2.45, 2.75) is 24.8 Å². The van der Waals surface area contributed by atoms with E-state index >= 15 is 0 Å². The van der Waals surface area contributed by atoms with Crippen LogP contribution in [0.1, 0.15) is 24.3 Å². The normalized spacial score (nSPS) is 20.7. The number of rotatable bonds is 4. The molecule has 0 atom stereocenters. The van der Waals surface area contributed by atoms with Crippen molar-refractivity contribution in [3.05, 3.63) is 58.1 Å². The number of ether oxygens (including phenoxy) is 1. The van der Waals surface area contributed by atoms with E-state index in [1.807, 2.05) is 30.3 Å². The van der Waals surface area contributed by atoms with Crippen molar-refractivity contribution in [3.8, 4) is 5.75 Å². The van der Waals surface area contributed by atoms with Crippen LogP contribution in [0.4, 0.5) is 5.69 Å². The summed E-state index contributed by atoms with van der Waals surface area (Å²) in [6.45, 7) is 0.